The van der Waals surface area contributed by atoms with E-state index in [2.05, 4.69) is 20.5 Å². The van der Waals surface area contributed by atoms with Gasteiger partial charge in [0.2, 0.25) is 11.0 Å². The maximum atomic E-state index is 13.2. The fourth-order valence-electron chi connectivity index (χ4n) is 1.99. The van der Waals surface area contributed by atoms with Crippen molar-refractivity contribution in [3.63, 3.8) is 0 Å². The molecule has 0 aliphatic carbocycles. The van der Waals surface area contributed by atoms with Gasteiger partial charge in [-0.05, 0) is 41.5 Å². The number of aromatic nitrogens is 3. The van der Waals surface area contributed by atoms with Gasteiger partial charge in [0.1, 0.15) is 10.8 Å². The Morgan fingerprint density at radius 1 is 1.21 bits per heavy atom. The normalized spacial score (nSPS) is 10.9. The number of hydrogen-bond donors (Lipinski definition) is 1. The number of anilines is 1. The van der Waals surface area contributed by atoms with Crippen molar-refractivity contribution in [2.45, 2.75) is 6.42 Å². The summed E-state index contributed by atoms with van der Waals surface area (Å²) >= 11 is 1.26. The minimum absolute atomic E-state index is 0.285. The van der Waals surface area contributed by atoms with Crippen LogP contribution in [0.25, 0.3) is 6.08 Å². The second kappa shape index (κ2) is 7.56. The van der Waals surface area contributed by atoms with Gasteiger partial charge in [-0.3, -0.25) is 15.1 Å². The highest BCUT2D eigenvalue weighted by Crippen LogP contribution is 2.19. The van der Waals surface area contributed by atoms with E-state index < -0.39 is 0 Å². The molecule has 0 fully saturated rings. The molecule has 1 N–H and O–H groups in total. The zero-order chi connectivity index (χ0) is 16.8. The summed E-state index contributed by atoms with van der Waals surface area (Å²) in [5.41, 5.74) is 1.69. The molecule has 7 heteroatoms. The van der Waals surface area contributed by atoms with Gasteiger partial charge in [-0.1, -0.05) is 23.5 Å². The van der Waals surface area contributed by atoms with Crippen LogP contribution in [0.3, 0.4) is 0 Å². The summed E-state index contributed by atoms with van der Waals surface area (Å²) in [4.78, 5) is 15.8. The fourth-order valence-corrected chi connectivity index (χ4v) is 2.77. The van der Waals surface area contributed by atoms with Gasteiger partial charge in [0.15, 0.2) is 0 Å². The highest BCUT2D eigenvalue weighted by molar-refractivity contribution is 7.15. The molecular weight excluding hydrogens is 327 g/mol. The summed E-state index contributed by atoms with van der Waals surface area (Å²) < 4.78 is 13.2. The van der Waals surface area contributed by atoms with Crippen LogP contribution in [0.4, 0.5) is 9.52 Å². The van der Waals surface area contributed by atoms with Crippen molar-refractivity contribution in [3.05, 3.63) is 76.8 Å². The minimum Gasteiger partial charge on any atom is -0.297 e. The Labute approximate surface area is 141 Å². The number of benzene rings is 1. The number of nitrogens with one attached hydrogen (secondary N) is 1. The average Bonchev–Trinajstić information content (AvgIpc) is 3.01. The Kier molecular flexibility index (Phi) is 5.02. The monoisotopic (exact) mass is 340 g/mol. The largest absolute Gasteiger partial charge is 0.297 e. The number of pyridine rings is 1. The van der Waals surface area contributed by atoms with Crippen molar-refractivity contribution in [2.24, 2.45) is 0 Å². The number of hydrogen-bond acceptors (Lipinski definition) is 5. The van der Waals surface area contributed by atoms with Crippen molar-refractivity contribution in [1.29, 1.82) is 0 Å². The molecule has 0 bridgehead atoms. The number of amides is 1. The molecule has 0 saturated heterocycles. The quantitative estimate of drug-likeness (QED) is 0.724. The number of nitrogens with zero attached hydrogens (tertiary/aromatic N) is 3. The fraction of sp³-hybridized carbons (Fsp3) is 0.0588. The van der Waals surface area contributed by atoms with Crippen LogP contribution in [0.1, 0.15) is 16.1 Å². The number of carbonyl (C=O) groups is 1. The van der Waals surface area contributed by atoms with E-state index in [0.717, 1.165) is 11.1 Å². The summed E-state index contributed by atoms with van der Waals surface area (Å²) in [5.74, 6) is -0.577. The molecule has 0 atom stereocenters. The Balaban J connectivity index is 1.59. The predicted octanol–water partition coefficient (Wildman–Crippen LogP) is 3.31. The lowest BCUT2D eigenvalue weighted by atomic mass is 10.1. The van der Waals surface area contributed by atoms with Crippen molar-refractivity contribution in [2.75, 3.05) is 5.32 Å². The SMILES string of the molecule is O=C(/C=C/c1ccncc1)Nc1nnc(Cc2cccc(F)c2)s1. The molecule has 0 radical (unpaired) electrons. The molecule has 24 heavy (non-hydrogen) atoms. The number of rotatable bonds is 5. The third kappa shape index (κ3) is 4.53. The predicted molar refractivity (Wildman–Crippen MR) is 91.0 cm³/mol. The standard InChI is InChI=1S/C17H13FN4OS/c18-14-3-1-2-13(10-14)11-16-21-22-17(24-16)20-15(23)5-4-12-6-8-19-9-7-12/h1-10H,11H2,(H,20,22,23)/b5-4+. The molecule has 2 aromatic heterocycles. The second-order valence-corrected chi connectivity index (χ2v) is 5.97. The molecule has 2 heterocycles. The molecule has 0 aliphatic rings. The first-order valence-corrected chi connectivity index (χ1v) is 7.96. The minimum atomic E-state index is -0.291. The lowest BCUT2D eigenvalue weighted by molar-refractivity contribution is -0.111. The summed E-state index contributed by atoms with van der Waals surface area (Å²) in [6.45, 7) is 0. The molecule has 3 aromatic rings. The topological polar surface area (TPSA) is 67.8 Å². The number of halogens is 1. The van der Waals surface area contributed by atoms with Gasteiger partial charge in [0.05, 0.1) is 0 Å². The molecule has 120 valence electrons. The molecule has 0 unspecified atom stereocenters. The van der Waals surface area contributed by atoms with Crippen LogP contribution in [0.5, 0.6) is 0 Å². The molecule has 0 spiro atoms. The maximum Gasteiger partial charge on any atom is 0.250 e. The van der Waals surface area contributed by atoms with Crippen molar-refractivity contribution >= 4 is 28.5 Å². The van der Waals surface area contributed by atoms with E-state index in [1.165, 1.54) is 29.5 Å². The zero-order valence-electron chi connectivity index (χ0n) is 12.5. The van der Waals surface area contributed by atoms with Gasteiger partial charge in [0.25, 0.3) is 0 Å². The van der Waals surface area contributed by atoms with Crippen LogP contribution in [0, 0.1) is 5.82 Å². The van der Waals surface area contributed by atoms with E-state index in [9.17, 15) is 9.18 Å². The maximum absolute atomic E-state index is 13.2. The Morgan fingerprint density at radius 3 is 2.83 bits per heavy atom. The van der Waals surface area contributed by atoms with Crippen LogP contribution in [0.2, 0.25) is 0 Å². The van der Waals surface area contributed by atoms with E-state index >= 15 is 0 Å². The van der Waals surface area contributed by atoms with Gasteiger partial charge in [-0.15, -0.1) is 10.2 Å². The van der Waals surface area contributed by atoms with Crippen LogP contribution in [-0.4, -0.2) is 21.1 Å². The lowest BCUT2D eigenvalue weighted by Gasteiger charge is -1.97. The first-order valence-electron chi connectivity index (χ1n) is 7.15. The van der Waals surface area contributed by atoms with E-state index in [0.29, 0.717) is 16.6 Å². The van der Waals surface area contributed by atoms with Crippen LogP contribution >= 0.6 is 11.3 Å². The lowest BCUT2D eigenvalue weighted by Crippen LogP contribution is -2.07. The molecule has 0 aliphatic heterocycles. The van der Waals surface area contributed by atoms with Crippen LogP contribution in [0.15, 0.2) is 54.9 Å². The number of carbonyl (C=O) groups excluding carboxylic acids is 1. The zero-order valence-corrected chi connectivity index (χ0v) is 13.3. The van der Waals surface area contributed by atoms with Crippen molar-refractivity contribution in [1.82, 2.24) is 15.2 Å². The molecule has 3 rings (SSSR count). The second-order valence-electron chi connectivity index (χ2n) is 4.91. The Morgan fingerprint density at radius 2 is 2.04 bits per heavy atom. The highest BCUT2D eigenvalue weighted by atomic mass is 32.1. The van der Waals surface area contributed by atoms with Gasteiger partial charge < -0.3 is 0 Å². The third-order valence-corrected chi connectivity index (χ3v) is 3.91. The van der Waals surface area contributed by atoms with Crippen LogP contribution in [-0.2, 0) is 11.2 Å². The summed E-state index contributed by atoms with van der Waals surface area (Å²) in [7, 11) is 0. The molecule has 0 saturated carbocycles. The first kappa shape index (κ1) is 15.9. The van der Waals surface area contributed by atoms with E-state index in [-0.39, 0.29) is 11.7 Å². The van der Waals surface area contributed by atoms with E-state index in [1.807, 2.05) is 6.07 Å². The molecular formula is C17H13FN4OS. The summed E-state index contributed by atoms with van der Waals surface area (Å²) in [5, 5.41) is 11.7. The van der Waals surface area contributed by atoms with Gasteiger partial charge in [0, 0.05) is 24.9 Å². The molecule has 1 amide bonds. The molecule has 1 aromatic carbocycles. The van der Waals surface area contributed by atoms with Crippen molar-refractivity contribution in [3.8, 4) is 0 Å². The van der Waals surface area contributed by atoms with Gasteiger partial charge in [-0.2, -0.15) is 0 Å². The van der Waals surface area contributed by atoms with Crippen LogP contribution < -0.4 is 5.32 Å². The first-order chi connectivity index (χ1) is 11.7. The summed E-state index contributed by atoms with van der Waals surface area (Å²) in [6, 6.07) is 9.91. The smallest absolute Gasteiger partial charge is 0.250 e. The highest BCUT2D eigenvalue weighted by Gasteiger charge is 2.07. The molecule has 5 nitrogen and oxygen atoms in total. The van der Waals surface area contributed by atoms with Crippen molar-refractivity contribution < 1.29 is 9.18 Å². The third-order valence-electron chi connectivity index (χ3n) is 3.07. The van der Waals surface area contributed by atoms with E-state index in [4.69, 9.17) is 0 Å². The Hall–Kier alpha value is -2.93. The summed E-state index contributed by atoms with van der Waals surface area (Å²) in [6.07, 6.45) is 6.88. The average molecular weight is 340 g/mol. The Bertz CT molecular complexity index is 864. The van der Waals surface area contributed by atoms with Gasteiger partial charge >= 0.3 is 0 Å². The van der Waals surface area contributed by atoms with Gasteiger partial charge in [-0.25, -0.2) is 4.39 Å². The van der Waals surface area contributed by atoms with E-state index in [1.54, 1.807) is 36.7 Å².